The van der Waals surface area contributed by atoms with Crippen LogP contribution in [0.5, 0.6) is 17.2 Å². The van der Waals surface area contributed by atoms with Gasteiger partial charge in [0.15, 0.2) is 11.5 Å². The van der Waals surface area contributed by atoms with E-state index < -0.39 is 26.6 Å². The van der Waals surface area contributed by atoms with Gasteiger partial charge in [0, 0.05) is 16.6 Å². The second kappa shape index (κ2) is 11.6. The van der Waals surface area contributed by atoms with Gasteiger partial charge >= 0.3 is 10.1 Å². The maximum absolute atomic E-state index is 12.7. The fourth-order valence-electron chi connectivity index (χ4n) is 2.94. The zero-order valence-electron chi connectivity index (χ0n) is 19.0. The van der Waals surface area contributed by atoms with E-state index in [2.05, 4.69) is 26.5 Å². The summed E-state index contributed by atoms with van der Waals surface area (Å²) in [6, 6.07) is 13.8. The van der Waals surface area contributed by atoms with E-state index >= 15 is 0 Å². The van der Waals surface area contributed by atoms with Crippen molar-refractivity contribution in [2.24, 2.45) is 5.10 Å². The highest BCUT2D eigenvalue weighted by Crippen LogP contribution is 2.31. The van der Waals surface area contributed by atoms with Gasteiger partial charge in [-0.25, -0.2) is 5.43 Å². The average molecular weight is 578 g/mol. The number of hydrazone groups is 1. The van der Waals surface area contributed by atoms with E-state index in [1.165, 1.54) is 49.7 Å². The van der Waals surface area contributed by atoms with Gasteiger partial charge in [-0.3, -0.25) is 14.9 Å². The van der Waals surface area contributed by atoms with Gasteiger partial charge in [-0.05, 0) is 55.0 Å². The fraction of sp³-hybridized carbons (Fsp3) is 0.130. The highest BCUT2D eigenvalue weighted by atomic mass is 79.9. The van der Waals surface area contributed by atoms with E-state index in [4.69, 9.17) is 13.7 Å². The van der Waals surface area contributed by atoms with E-state index in [1.807, 2.05) is 0 Å². The van der Waals surface area contributed by atoms with Crippen molar-refractivity contribution in [2.45, 2.75) is 11.8 Å². The molecule has 0 fully saturated rings. The number of nitrogens with zero attached hydrogens (tertiary/aromatic N) is 2. The molecule has 0 bridgehead atoms. The number of methoxy groups -OCH3 is 1. The Balaban J connectivity index is 1.80. The van der Waals surface area contributed by atoms with Crippen LogP contribution < -0.4 is 19.1 Å². The molecule has 3 rings (SSSR count). The molecule has 188 valence electrons. The molecule has 1 N–H and O–H groups in total. The standard InChI is InChI=1S/C23H20BrN3O8S/c1-3-34-22-11-15(14-25-26-23(28)19-12-16(24)8-10-20(19)33-2)7-9-21(22)35-36(31,32)18-6-4-5-17(13-18)27(29)30/h4-14H,3H2,1-2H3,(H,26,28)/b25-14-. The number of benzene rings is 3. The molecular weight excluding hydrogens is 558 g/mol. The quantitative estimate of drug-likeness (QED) is 0.162. The van der Waals surface area contributed by atoms with Crippen LogP contribution >= 0.6 is 15.9 Å². The van der Waals surface area contributed by atoms with Crippen molar-refractivity contribution in [1.82, 2.24) is 5.43 Å². The van der Waals surface area contributed by atoms with E-state index in [0.717, 1.165) is 6.07 Å². The molecule has 0 radical (unpaired) electrons. The van der Waals surface area contributed by atoms with Crippen LogP contribution in [0.15, 0.2) is 75.1 Å². The van der Waals surface area contributed by atoms with E-state index in [1.54, 1.807) is 25.1 Å². The van der Waals surface area contributed by atoms with Gasteiger partial charge in [-0.2, -0.15) is 13.5 Å². The topological polar surface area (TPSA) is 146 Å². The maximum Gasteiger partial charge on any atom is 0.339 e. The summed E-state index contributed by atoms with van der Waals surface area (Å²) in [5.41, 5.74) is 2.75. The molecule has 0 saturated heterocycles. The zero-order valence-corrected chi connectivity index (χ0v) is 21.4. The molecule has 0 atom stereocenters. The normalized spacial score (nSPS) is 11.2. The van der Waals surface area contributed by atoms with Crippen molar-refractivity contribution in [2.75, 3.05) is 13.7 Å². The molecule has 0 aromatic heterocycles. The third-order valence-corrected chi connectivity index (χ3v) is 6.29. The first-order chi connectivity index (χ1) is 17.1. The van der Waals surface area contributed by atoms with Crippen molar-refractivity contribution in [3.8, 4) is 17.2 Å². The number of hydrogen-bond acceptors (Lipinski definition) is 9. The first-order valence-electron chi connectivity index (χ1n) is 10.3. The van der Waals surface area contributed by atoms with Crippen molar-refractivity contribution in [3.05, 3.63) is 86.4 Å². The lowest BCUT2D eigenvalue weighted by Gasteiger charge is -2.12. The van der Waals surface area contributed by atoms with Crippen LogP contribution in [0, 0.1) is 10.1 Å². The zero-order chi connectivity index (χ0) is 26.3. The number of amides is 1. The molecule has 36 heavy (non-hydrogen) atoms. The van der Waals surface area contributed by atoms with E-state index in [9.17, 15) is 23.3 Å². The lowest BCUT2D eigenvalue weighted by molar-refractivity contribution is -0.385. The number of ether oxygens (including phenoxy) is 2. The highest BCUT2D eigenvalue weighted by molar-refractivity contribution is 9.10. The van der Waals surface area contributed by atoms with Gasteiger partial charge in [0.05, 0.1) is 30.4 Å². The van der Waals surface area contributed by atoms with Crippen molar-refractivity contribution in [1.29, 1.82) is 0 Å². The summed E-state index contributed by atoms with van der Waals surface area (Å²) < 4.78 is 41.9. The van der Waals surface area contributed by atoms with E-state index in [-0.39, 0.29) is 28.6 Å². The molecule has 0 unspecified atom stereocenters. The Kier molecular flexibility index (Phi) is 8.61. The maximum atomic E-state index is 12.7. The first-order valence-corrected chi connectivity index (χ1v) is 12.5. The Morgan fingerprint density at radius 2 is 1.86 bits per heavy atom. The Morgan fingerprint density at radius 1 is 1.11 bits per heavy atom. The lowest BCUT2D eigenvalue weighted by Crippen LogP contribution is -2.18. The van der Waals surface area contributed by atoms with Crippen molar-refractivity contribution >= 4 is 43.9 Å². The van der Waals surface area contributed by atoms with Crippen molar-refractivity contribution in [3.63, 3.8) is 0 Å². The minimum absolute atomic E-state index is 0.0930. The number of nitrogens with one attached hydrogen (secondary N) is 1. The Bertz CT molecular complexity index is 1430. The number of halogens is 1. The second-order valence-electron chi connectivity index (χ2n) is 6.97. The molecule has 1 amide bonds. The molecule has 11 nitrogen and oxygen atoms in total. The third-order valence-electron chi connectivity index (χ3n) is 4.57. The predicted molar refractivity (Wildman–Crippen MR) is 134 cm³/mol. The third kappa shape index (κ3) is 6.58. The Hall–Kier alpha value is -3.97. The van der Waals surface area contributed by atoms with Gasteiger partial charge in [-0.1, -0.05) is 22.0 Å². The summed E-state index contributed by atoms with van der Waals surface area (Å²) in [6.45, 7) is 1.90. The monoisotopic (exact) mass is 577 g/mol. The first kappa shape index (κ1) is 26.6. The molecule has 0 aliphatic rings. The number of rotatable bonds is 10. The Morgan fingerprint density at radius 3 is 2.56 bits per heavy atom. The number of hydrogen-bond donors (Lipinski definition) is 1. The smallest absolute Gasteiger partial charge is 0.339 e. The number of non-ortho nitro benzene ring substituents is 1. The summed E-state index contributed by atoms with van der Waals surface area (Å²) in [5.74, 6) is -0.160. The van der Waals surface area contributed by atoms with Crippen LogP contribution in [0.2, 0.25) is 0 Å². The van der Waals surface area contributed by atoms with Crippen molar-refractivity contribution < 1.29 is 31.8 Å². The molecule has 0 heterocycles. The van der Waals surface area contributed by atoms with Crippen LogP contribution in [0.3, 0.4) is 0 Å². The Labute approximate surface area is 215 Å². The summed E-state index contributed by atoms with van der Waals surface area (Å²) in [4.78, 5) is 22.4. The minimum Gasteiger partial charge on any atom is -0.496 e. The largest absolute Gasteiger partial charge is 0.496 e. The summed E-state index contributed by atoms with van der Waals surface area (Å²) in [7, 11) is -2.94. The minimum atomic E-state index is -4.38. The van der Waals surface area contributed by atoms with Gasteiger partial charge in [0.25, 0.3) is 11.6 Å². The molecule has 3 aromatic carbocycles. The van der Waals surface area contributed by atoms with Gasteiger partial charge in [0.2, 0.25) is 0 Å². The average Bonchev–Trinajstić information content (AvgIpc) is 2.85. The number of nitro groups is 1. The lowest BCUT2D eigenvalue weighted by atomic mass is 10.2. The van der Waals surface area contributed by atoms with Gasteiger partial charge < -0.3 is 13.7 Å². The molecule has 0 aliphatic carbocycles. The van der Waals surface area contributed by atoms with Crippen LogP contribution in [0.25, 0.3) is 0 Å². The van der Waals surface area contributed by atoms with Gasteiger partial charge in [-0.15, -0.1) is 0 Å². The summed E-state index contributed by atoms with van der Waals surface area (Å²) >= 11 is 3.30. The number of nitro benzene ring substituents is 1. The predicted octanol–water partition coefficient (Wildman–Crippen LogP) is 4.30. The number of carbonyl (C=O) groups excluding carboxylic acids is 1. The van der Waals surface area contributed by atoms with Gasteiger partial charge in [0.1, 0.15) is 10.6 Å². The van der Waals surface area contributed by atoms with Crippen LogP contribution in [-0.2, 0) is 10.1 Å². The fourth-order valence-corrected chi connectivity index (χ4v) is 4.29. The summed E-state index contributed by atoms with van der Waals surface area (Å²) in [5, 5.41) is 14.9. The SMILES string of the molecule is CCOc1cc(/C=N\NC(=O)c2cc(Br)ccc2OC)ccc1OS(=O)(=O)c1cccc([N+](=O)[O-])c1. The second-order valence-corrected chi connectivity index (χ2v) is 9.44. The van der Waals surface area contributed by atoms with Crippen LogP contribution in [0.4, 0.5) is 5.69 Å². The molecule has 0 spiro atoms. The molecule has 3 aromatic rings. The molecular formula is C23H20BrN3O8S. The molecule has 0 aliphatic heterocycles. The van der Waals surface area contributed by atoms with Crippen LogP contribution in [-0.4, -0.2) is 39.2 Å². The highest BCUT2D eigenvalue weighted by Gasteiger charge is 2.22. The molecule has 13 heteroatoms. The van der Waals surface area contributed by atoms with Crippen LogP contribution in [0.1, 0.15) is 22.8 Å². The molecule has 0 saturated carbocycles. The number of carbonyl (C=O) groups is 1. The summed E-state index contributed by atoms with van der Waals surface area (Å²) in [6.07, 6.45) is 1.34. The van der Waals surface area contributed by atoms with E-state index in [0.29, 0.717) is 15.8 Å².